The zero-order chi connectivity index (χ0) is 14.2. The van der Waals surface area contributed by atoms with Gasteiger partial charge in [0.1, 0.15) is 0 Å². The molecule has 1 unspecified atom stereocenters. The molecule has 1 aliphatic rings. The number of alkyl halides is 1. The van der Waals surface area contributed by atoms with Crippen molar-refractivity contribution in [1.29, 1.82) is 0 Å². The van der Waals surface area contributed by atoms with Gasteiger partial charge in [-0.2, -0.15) is 5.10 Å². The third-order valence-corrected chi connectivity index (χ3v) is 4.45. The maximum absolute atomic E-state index is 13.0. The molecule has 1 aromatic heterocycles. The van der Waals surface area contributed by atoms with Gasteiger partial charge >= 0.3 is 0 Å². The molecule has 0 amide bonds. The van der Waals surface area contributed by atoms with E-state index in [0.717, 1.165) is 42.3 Å². The van der Waals surface area contributed by atoms with Gasteiger partial charge in [-0.15, -0.1) is 0 Å². The van der Waals surface area contributed by atoms with Crippen LogP contribution in [0.5, 0.6) is 0 Å². The Hall–Kier alpha value is -0.950. The van der Waals surface area contributed by atoms with Gasteiger partial charge in [-0.1, -0.05) is 29.5 Å². The Morgan fingerprint density at radius 3 is 3.10 bits per heavy atom. The Morgan fingerprint density at radius 2 is 2.40 bits per heavy atom. The number of Topliss-reactive ketones (excluding diaryl/α,β-unsaturated/α-hetero) is 1. The van der Waals surface area contributed by atoms with Crippen LogP contribution < -0.4 is 5.32 Å². The number of hydrogen-bond donors (Lipinski definition) is 2. The summed E-state index contributed by atoms with van der Waals surface area (Å²) < 4.78 is 0.472. The van der Waals surface area contributed by atoms with Crippen molar-refractivity contribution in [2.45, 2.75) is 35.6 Å². The fourth-order valence-corrected chi connectivity index (χ4v) is 3.86. The first-order chi connectivity index (χ1) is 9.61. The number of hydrogen-bond acceptors (Lipinski definition) is 3. The zero-order valence-electron chi connectivity index (χ0n) is 11.4. The summed E-state index contributed by atoms with van der Waals surface area (Å²) in [7, 11) is 0. The van der Waals surface area contributed by atoms with Gasteiger partial charge in [-0.05, 0) is 44.0 Å². The summed E-state index contributed by atoms with van der Waals surface area (Å²) in [5.74, 6) is 0.224. The van der Waals surface area contributed by atoms with Crippen LogP contribution in [0.25, 0.3) is 10.9 Å². The number of halogens is 1. The van der Waals surface area contributed by atoms with Crippen molar-refractivity contribution in [1.82, 2.24) is 15.5 Å². The van der Waals surface area contributed by atoms with Crippen LogP contribution in [0.3, 0.4) is 0 Å². The highest BCUT2D eigenvalue weighted by molar-refractivity contribution is 14.1. The van der Waals surface area contributed by atoms with Crippen LogP contribution in [0.15, 0.2) is 24.4 Å². The molecule has 2 N–H and O–H groups in total. The molecule has 0 aliphatic carbocycles. The molecule has 20 heavy (non-hydrogen) atoms. The molecule has 0 radical (unpaired) electrons. The molecule has 2 heterocycles. The number of ketones is 1. The number of nitrogens with one attached hydrogen (secondary N) is 2. The molecule has 2 aromatic rings. The minimum atomic E-state index is -0.377. The van der Waals surface area contributed by atoms with Gasteiger partial charge in [-0.25, -0.2) is 0 Å². The van der Waals surface area contributed by atoms with Crippen molar-refractivity contribution in [3.63, 3.8) is 0 Å². The molecule has 0 saturated carbocycles. The third kappa shape index (κ3) is 2.48. The number of carbonyl (C=O) groups is 1. The number of aromatic nitrogens is 2. The van der Waals surface area contributed by atoms with E-state index in [0.29, 0.717) is 3.92 Å². The SMILES string of the molecule is CC(I)C[C@@]1(C(=O)c2ccc3[nH]ncc3c2)CCCN1. The average Bonchev–Trinajstić information content (AvgIpc) is 3.05. The molecule has 1 fully saturated rings. The molecule has 1 saturated heterocycles. The fourth-order valence-electron chi connectivity index (χ4n) is 3.11. The zero-order valence-corrected chi connectivity index (χ0v) is 13.6. The van der Waals surface area contributed by atoms with Crippen molar-refractivity contribution < 1.29 is 4.79 Å². The van der Waals surface area contributed by atoms with E-state index in [4.69, 9.17) is 0 Å². The standard InChI is InChI=1S/C15H18IN3O/c1-10(16)8-15(5-2-6-17-15)14(20)11-3-4-13-12(7-11)9-18-19-13/h3-4,7,9-10,17H,2,5-6,8H2,1H3,(H,18,19)/t10?,15-/m1/s1. The lowest BCUT2D eigenvalue weighted by molar-refractivity contribution is 0.0860. The Labute approximate surface area is 131 Å². The van der Waals surface area contributed by atoms with Crippen LogP contribution in [0.1, 0.15) is 36.5 Å². The largest absolute Gasteiger partial charge is 0.305 e. The summed E-state index contributed by atoms with van der Waals surface area (Å²) in [6.07, 6.45) is 4.66. The second kappa shape index (κ2) is 5.44. The molecule has 2 atom stereocenters. The highest BCUT2D eigenvalue weighted by atomic mass is 127. The summed E-state index contributed by atoms with van der Waals surface area (Å²) in [6, 6.07) is 5.79. The minimum Gasteiger partial charge on any atom is -0.305 e. The van der Waals surface area contributed by atoms with Gasteiger partial charge in [0.15, 0.2) is 5.78 Å². The first-order valence-corrected chi connectivity index (χ1v) is 8.22. The monoisotopic (exact) mass is 383 g/mol. The van der Waals surface area contributed by atoms with Crippen LogP contribution in [-0.2, 0) is 0 Å². The predicted molar refractivity (Wildman–Crippen MR) is 88.5 cm³/mol. The van der Waals surface area contributed by atoms with Crippen LogP contribution in [0.4, 0.5) is 0 Å². The number of benzene rings is 1. The van der Waals surface area contributed by atoms with Gasteiger partial charge < -0.3 is 5.32 Å². The van der Waals surface area contributed by atoms with Gasteiger partial charge in [0, 0.05) is 14.9 Å². The highest BCUT2D eigenvalue weighted by Crippen LogP contribution is 2.31. The summed E-state index contributed by atoms with van der Waals surface area (Å²) in [5.41, 5.74) is 1.38. The molecule has 1 aromatic carbocycles. The minimum absolute atomic E-state index is 0.224. The molecule has 4 nitrogen and oxygen atoms in total. The van der Waals surface area contributed by atoms with Crippen molar-refractivity contribution in [2.24, 2.45) is 0 Å². The van der Waals surface area contributed by atoms with Gasteiger partial charge in [0.05, 0.1) is 17.3 Å². The summed E-state index contributed by atoms with van der Waals surface area (Å²) in [6.45, 7) is 3.10. The van der Waals surface area contributed by atoms with Crippen molar-refractivity contribution >= 4 is 39.3 Å². The lowest BCUT2D eigenvalue weighted by Gasteiger charge is -2.29. The average molecular weight is 383 g/mol. The first-order valence-electron chi connectivity index (χ1n) is 6.98. The maximum atomic E-state index is 13.0. The number of carbonyl (C=O) groups excluding carboxylic acids is 1. The Balaban J connectivity index is 1.96. The van der Waals surface area contributed by atoms with Crippen LogP contribution in [0.2, 0.25) is 0 Å². The van der Waals surface area contributed by atoms with Crippen molar-refractivity contribution in [3.05, 3.63) is 30.0 Å². The number of H-pyrrole nitrogens is 1. The molecule has 5 heteroatoms. The Kier molecular flexibility index (Phi) is 3.81. The normalized spacial score (nSPS) is 24.1. The Morgan fingerprint density at radius 1 is 1.55 bits per heavy atom. The quantitative estimate of drug-likeness (QED) is 0.485. The van der Waals surface area contributed by atoms with E-state index < -0.39 is 0 Å². The van der Waals surface area contributed by atoms with E-state index in [2.05, 4.69) is 45.0 Å². The van der Waals surface area contributed by atoms with Crippen molar-refractivity contribution in [3.8, 4) is 0 Å². The highest BCUT2D eigenvalue weighted by Gasteiger charge is 2.41. The lowest BCUT2D eigenvalue weighted by atomic mass is 9.83. The van der Waals surface area contributed by atoms with E-state index in [1.54, 1.807) is 6.20 Å². The Bertz CT molecular complexity index is 629. The molecule has 3 rings (SSSR count). The van der Waals surface area contributed by atoms with E-state index >= 15 is 0 Å². The van der Waals surface area contributed by atoms with Gasteiger partial charge in [0.2, 0.25) is 0 Å². The number of nitrogens with zero attached hydrogens (tertiary/aromatic N) is 1. The second-order valence-electron chi connectivity index (χ2n) is 5.60. The number of aromatic amines is 1. The van der Waals surface area contributed by atoms with E-state index in [9.17, 15) is 4.79 Å². The maximum Gasteiger partial charge on any atom is 0.182 e. The third-order valence-electron chi connectivity index (χ3n) is 4.01. The van der Waals surface area contributed by atoms with E-state index in [-0.39, 0.29) is 11.3 Å². The summed E-state index contributed by atoms with van der Waals surface area (Å²) in [4.78, 5) is 13.0. The van der Waals surface area contributed by atoms with E-state index in [1.165, 1.54) is 0 Å². The predicted octanol–water partition coefficient (Wildman–Crippen LogP) is 3.08. The van der Waals surface area contributed by atoms with Crippen LogP contribution in [0, 0.1) is 0 Å². The molecule has 1 aliphatic heterocycles. The first kappa shape index (κ1) is 14.0. The van der Waals surface area contributed by atoms with Crippen molar-refractivity contribution in [2.75, 3.05) is 6.54 Å². The lowest BCUT2D eigenvalue weighted by Crippen LogP contribution is -2.49. The number of fused-ring (bicyclic) bond motifs is 1. The van der Waals surface area contributed by atoms with Gasteiger partial charge in [0.25, 0.3) is 0 Å². The second-order valence-corrected chi connectivity index (χ2v) is 7.72. The van der Waals surface area contributed by atoms with Crippen LogP contribution in [-0.4, -0.2) is 32.0 Å². The molecular formula is C15H18IN3O. The summed E-state index contributed by atoms with van der Waals surface area (Å²) >= 11 is 2.40. The number of rotatable bonds is 4. The fraction of sp³-hybridized carbons (Fsp3) is 0.467. The molecular weight excluding hydrogens is 365 g/mol. The molecule has 0 spiro atoms. The molecule has 0 bridgehead atoms. The van der Waals surface area contributed by atoms with Crippen LogP contribution >= 0.6 is 22.6 Å². The van der Waals surface area contributed by atoms with E-state index in [1.807, 2.05) is 18.2 Å². The smallest absolute Gasteiger partial charge is 0.182 e. The van der Waals surface area contributed by atoms with Gasteiger partial charge in [-0.3, -0.25) is 9.89 Å². The molecule has 106 valence electrons. The topological polar surface area (TPSA) is 57.8 Å². The summed E-state index contributed by atoms with van der Waals surface area (Å²) in [5, 5.41) is 11.4.